The van der Waals surface area contributed by atoms with Crippen molar-refractivity contribution in [1.29, 1.82) is 0 Å². The van der Waals surface area contributed by atoms with Gasteiger partial charge in [-0.1, -0.05) is 5.92 Å². The smallest absolute Gasteiger partial charge is 0.338 e. The highest BCUT2D eigenvalue weighted by molar-refractivity contribution is 14.1. The minimum absolute atomic E-state index is 0.114. The average molecular weight is 282 g/mol. The van der Waals surface area contributed by atoms with Crippen LogP contribution in [0.2, 0.25) is 0 Å². The van der Waals surface area contributed by atoms with Crippen molar-refractivity contribution in [2.75, 3.05) is 11.2 Å². The Morgan fingerprint density at radius 1 is 1.67 bits per heavy atom. The van der Waals surface area contributed by atoms with Crippen LogP contribution in [0, 0.1) is 12.3 Å². The maximum atomic E-state index is 11.2. The first kappa shape index (κ1) is 11.7. The van der Waals surface area contributed by atoms with Gasteiger partial charge in [0.05, 0.1) is 0 Å². The van der Waals surface area contributed by atoms with Gasteiger partial charge in [-0.3, -0.25) is 0 Å². The molecule has 0 saturated heterocycles. The Labute approximate surface area is 85.9 Å². The van der Waals surface area contributed by atoms with Gasteiger partial charge in [-0.15, -0.1) is 6.42 Å². The van der Waals surface area contributed by atoms with Gasteiger partial charge in [0.15, 0.2) is 5.60 Å². The van der Waals surface area contributed by atoms with Crippen LogP contribution in [0.15, 0.2) is 0 Å². The number of rotatable bonds is 4. The number of alkyl halides is 1. The lowest BCUT2D eigenvalue weighted by molar-refractivity contribution is -0.163. The normalized spacial score (nSPS) is 10.5. The van der Waals surface area contributed by atoms with Gasteiger partial charge in [0.2, 0.25) is 0 Å². The molecule has 0 amide bonds. The largest absolute Gasteiger partial charge is 0.453 e. The molecule has 0 radical (unpaired) electrons. The molecule has 3 nitrogen and oxygen atoms in total. The first-order valence-electron chi connectivity index (χ1n) is 3.35. The number of halogens is 1. The van der Waals surface area contributed by atoms with Crippen molar-refractivity contribution in [2.45, 2.75) is 19.4 Å². The maximum absolute atomic E-state index is 11.2. The summed E-state index contributed by atoms with van der Waals surface area (Å²) >= 11 is 1.94. The summed E-state index contributed by atoms with van der Waals surface area (Å²) in [7, 11) is 0. The van der Waals surface area contributed by atoms with Gasteiger partial charge in [-0.2, -0.15) is 0 Å². The summed E-state index contributed by atoms with van der Waals surface area (Å²) in [6.07, 6.45) is 4.98. The van der Waals surface area contributed by atoms with Gasteiger partial charge in [0.1, 0.15) is 11.2 Å². The van der Waals surface area contributed by atoms with E-state index in [9.17, 15) is 4.79 Å². The Morgan fingerprint density at radius 3 is 2.67 bits per heavy atom. The van der Waals surface area contributed by atoms with E-state index in [4.69, 9.17) is 15.9 Å². The fourth-order valence-electron chi connectivity index (χ4n) is 0.504. The molecule has 0 atom stereocenters. The molecule has 0 unspecified atom stereocenters. The SMILES string of the molecule is C#CCOC(C)(C)C(=O)OCI. The van der Waals surface area contributed by atoms with Crippen molar-refractivity contribution in [2.24, 2.45) is 0 Å². The standard InChI is InChI=1S/C8H11IO3/c1-4-5-12-8(2,3)7(10)11-6-9/h1H,5-6H2,2-3H3. The highest BCUT2D eigenvalue weighted by Gasteiger charge is 2.29. The van der Waals surface area contributed by atoms with Crippen LogP contribution in [-0.2, 0) is 14.3 Å². The van der Waals surface area contributed by atoms with Crippen LogP contribution >= 0.6 is 22.6 Å². The summed E-state index contributed by atoms with van der Waals surface area (Å²) in [5.74, 6) is 1.89. The van der Waals surface area contributed by atoms with E-state index in [2.05, 4.69) is 5.92 Å². The second kappa shape index (κ2) is 5.38. The minimum atomic E-state index is -0.947. The molecular formula is C8H11IO3. The first-order valence-corrected chi connectivity index (χ1v) is 4.87. The Kier molecular flexibility index (Phi) is 5.25. The number of carbonyl (C=O) groups excluding carboxylic acids is 1. The highest BCUT2D eigenvalue weighted by atomic mass is 127. The van der Waals surface area contributed by atoms with Gasteiger partial charge in [0.25, 0.3) is 0 Å². The van der Waals surface area contributed by atoms with E-state index in [0.717, 1.165) is 0 Å². The number of hydrogen-bond donors (Lipinski definition) is 0. The van der Waals surface area contributed by atoms with Gasteiger partial charge in [-0.25, -0.2) is 4.79 Å². The monoisotopic (exact) mass is 282 g/mol. The zero-order chi connectivity index (χ0) is 9.61. The van der Waals surface area contributed by atoms with Gasteiger partial charge in [0, 0.05) is 0 Å². The van der Waals surface area contributed by atoms with Crippen molar-refractivity contribution in [3.63, 3.8) is 0 Å². The molecule has 0 aromatic rings. The molecule has 4 heteroatoms. The minimum Gasteiger partial charge on any atom is -0.453 e. The van der Waals surface area contributed by atoms with E-state index in [1.165, 1.54) is 0 Å². The van der Waals surface area contributed by atoms with E-state index in [-0.39, 0.29) is 6.61 Å². The topological polar surface area (TPSA) is 35.5 Å². The predicted octanol–water partition coefficient (Wildman–Crippen LogP) is 1.35. The summed E-state index contributed by atoms with van der Waals surface area (Å²) < 4.78 is 10.2. The fourth-order valence-corrected chi connectivity index (χ4v) is 0.787. The van der Waals surface area contributed by atoms with E-state index >= 15 is 0 Å². The third-order valence-electron chi connectivity index (χ3n) is 1.19. The third kappa shape index (κ3) is 3.93. The second-order valence-corrected chi connectivity index (χ2v) is 3.17. The Bertz CT molecular complexity index is 193. The second-order valence-electron chi connectivity index (χ2n) is 2.54. The summed E-state index contributed by atoms with van der Waals surface area (Å²) in [6, 6.07) is 0. The van der Waals surface area contributed by atoms with E-state index in [1.807, 2.05) is 22.6 Å². The van der Waals surface area contributed by atoms with Crippen molar-refractivity contribution in [3.05, 3.63) is 0 Å². The number of ether oxygens (including phenoxy) is 2. The quantitative estimate of drug-likeness (QED) is 0.338. The molecular weight excluding hydrogens is 271 g/mol. The first-order chi connectivity index (χ1) is 5.54. The molecule has 0 aromatic heterocycles. The molecule has 0 N–H and O–H groups in total. The van der Waals surface area contributed by atoms with Gasteiger partial charge >= 0.3 is 5.97 Å². The van der Waals surface area contributed by atoms with Crippen LogP contribution in [0.5, 0.6) is 0 Å². The number of hydrogen-bond acceptors (Lipinski definition) is 3. The highest BCUT2D eigenvalue weighted by Crippen LogP contribution is 2.11. The maximum Gasteiger partial charge on any atom is 0.338 e. The van der Waals surface area contributed by atoms with Crippen molar-refractivity contribution >= 4 is 28.6 Å². The molecule has 0 saturated carbocycles. The number of esters is 1. The molecule has 12 heavy (non-hydrogen) atoms. The summed E-state index contributed by atoms with van der Waals surface area (Å²) in [5.41, 5.74) is -0.947. The molecule has 0 rings (SSSR count). The summed E-state index contributed by atoms with van der Waals surface area (Å²) in [5, 5.41) is 0. The van der Waals surface area contributed by atoms with Gasteiger partial charge in [-0.05, 0) is 36.4 Å². The van der Waals surface area contributed by atoms with Crippen LogP contribution < -0.4 is 0 Å². The molecule has 68 valence electrons. The lowest BCUT2D eigenvalue weighted by atomic mass is 10.1. The molecule has 0 bridgehead atoms. The van der Waals surface area contributed by atoms with Crippen LogP contribution in [0.4, 0.5) is 0 Å². The van der Waals surface area contributed by atoms with Crippen LogP contribution in [0.25, 0.3) is 0 Å². The molecule has 0 fully saturated rings. The molecule has 0 aliphatic rings. The summed E-state index contributed by atoms with van der Waals surface area (Å²) in [6.45, 7) is 3.36. The molecule has 0 aromatic carbocycles. The Balaban J connectivity index is 4.01. The Morgan fingerprint density at radius 2 is 2.25 bits per heavy atom. The van der Waals surface area contributed by atoms with E-state index in [0.29, 0.717) is 4.61 Å². The fraction of sp³-hybridized carbons (Fsp3) is 0.625. The lowest BCUT2D eigenvalue weighted by Crippen LogP contribution is -2.36. The van der Waals surface area contributed by atoms with Crippen LogP contribution in [-0.4, -0.2) is 22.8 Å². The number of terminal acetylenes is 1. The zero-order valence-corrected chi connectivity index (χ0v) is 9.25. The van der Waals surface area contributed by atoms with Gasteiger partial charge < -0.3 is 9.47 Å². The third-order valence-corrected chi connectivity index (χ3v) is 1.50. The average Bonchev–Trinajstić information content (AvgIpc) is 2.01. The van der Waals surface area contributed by atoms with Crippen molar-refractivity contribution in [1.82, 2.24) is 0 Å². The predicted molar refractivity (Wildman–Crippen MR) is 53.8 cm³/mol. The molecule has 0 aliphatic heterocycles. The molecule has 0 spiro atoms. The Hall–Kier alpha value is -0.280. The molecule has 0 aliphatic carbocycles. The zero-order valence-electron chi connectivity index (χ0n) is 7.09. The van der Waals surface area contributed by atoms with Crippen LogP contribution in [0.3, 0.4) is 0 Å². The lowest BCUT2D eigenvalue weighted by Gasteiger charge is -2.20. The summed E-state index contributed by atoms with van der Waals surface area (Å²) in [4.78, 5) is 11.2. The van der Waals surface area contributed by atoms with Crippen molar-refractivity contribution in [3.8, 4) is 12.3 Å². The number of carbonyl (C=O) groups is 1. The van der Waals surface area contributed by atoms with E-state index < -0.39 is 11.6 Å². The van der Waals surface area contributed by atoms with Crippen LogP contribution in [0.1, 0.15) is 13.8 Å². The van der Waals surface area contributed by atoms with Crippen molar-refractivity contribution < 1.29 is 14.3 Å². The van der Waals surface area contributed by atoms with E-state index in [1.54, 1.807) is 13.8 Å². The molecule has 0 heterocycles.